The van der Waals surface area contributed by atoms with Crippen LogP contribution in [0.15, 0.2) is 39.8 Å². The van der Waals surface area contributed by atoms with E-state index in [2.05, 4.69) is 10.3 Å². The Hall–Kier alpha value is -3.42. The number of fused-ring (bicyclic) bond motifs is 1. The summed E-state index contributed by atoms with van der Waals surface area (Å²) in [6.45, 7) is 6.63. The second-order valence-corrected chi connectivity index (χ2v) is 6.39. The monoisotopic (exact) mass is 382 g/mol. The Labute approximate surface area is 161 Å². The number of hydrogen-bond donors (Lipinski definition) is 1. The van der Waals surface area contributed by atoms with Gasteiger partial charge < -0.3 is 19.2 Å². The van der Waals surface area contributed by atoms with Crippen molar-refractivity contribution in [1.29, 1.82) is 0 Å². The van der Waals surface area contributed by atoms with Crippen molar-refractivity contribution in [1.82, 2.24) is 14.5 Å². The van der Waals surface area contributed by atoms with Crippen LogP contribution in [0.25, 0.3) is 11.1 Å². The van der Waals surface area contributed by atoms with E-state index in [0.29, 0.717) is 30.1 Å². The van der Waals surface area contributed by atoms with Gasteiger partial charge in [-0.3, -0.25) is 14.4 Å². The second-order valence-electron chi connectivity index (χ2n) is 6.39. The molecule has 2 aromatic heterocycles. The molecule has 0 unspecified atom stereocenters. The molecule has 0 saturated carbocycles. The smallest absolute Gasteiger partial charge is 0.265 e. The van der Waals surface area contributed by atoms with E-state index in [1.807, 2.05) is 13.8 Å². The Balaban J connectivity index is 1.95. The first-order valence-electron chi connectivity index (χ1n) is 9.02. The maximum atomic E-state index is 12.9. The van der Waals surface area contributed by atoms with Gasteiger partial charge in [0.05, 0.1) is 5.56 Å². The number of aromatic nitrogens is 2. The van der Waals surface area contributed by atoms with E-state index in [4.69, 9.17) is 4.42 Å². The van der Waals surface area contributed by atoms with E-state index in [9.17, 15) is 14.4 Å². The first-order chi connectivity index (χ1) is 13.4. The van der Waals surface area contributed by atoms with Gasteiger partial charge in [-0.2, -0.15) is 0 Å². The highest BCUT2D eigenvalue weighted by molar-refractivity contribution is 6.12. The van der Waals surface area contributed by atoms with Gasteiger partial charge in [0.15, 0.2) is 0 Å². The molecule has 0 aliphatic carbocycles. The summed E-state index contributed by atoms with van der Waals surface area (Å²) in [5, 5.41) is 2.88. The van der Waals surface area contributed by atoms with Gasteiger partial charge >= 0.3 is 0 Å². The Morgan fingerprint density at radius 1 is 1.25 bits per heavy atom. The average molecular weight is 382 g/mol. The molecule has 0 fully saturated rings. The number of furan rings is 1. The van der Waals surface area contributed by atoms with Gasteiger partial charge in [-0.25, -0.2) is 4.98 Å². The van der Waals surface area contributed by atoms with Crippen LogP contribution in [0, 0.1) is 6.92 Å². The Morgan fingerprint density at radius 2 is 1.96 bits per heavy atom. The summed E-state index contributed by atoms with van der Waals surface area (Å²) in [7, 11) is 1.56. The molecule has 3 aromatic rings. The van der Waals surface area contributed by atoms with Crippen molar-refractivity contribution in [2.45, 2.75) is 20.8 Å². The number of nitrogens with one attached hydrogen (secondary N) is 1. The van der Waals surface area contributed by atoms with Gasteiger partial charge in [0.25, 0.3) is 17.4 Å². The van der Waals surface area contributed by atoms with Crippen LogP contribution in [0.4, 0.5) is 5.69 Å². The third-order valence-corrected chi connectivity index (χ3v) is 4.59. The fourth-order valence-electron chi connectivity index (χ4n) is 3.08. The average Bonchev–Trinajstić information content (AvgIpc) is 3.02. The fourth-order valence-corrected chi connectivity index (χ4v) is 3.08. The summed E-state index contributed by atoms with van der Waals surface area (Å²) in [4.78, 5) is 43.6. The number of amides is 2. The summed E-state index contributed by atoms with van der Waals surface area (Å²) in [6.07, 6.45) is 1.34. The van der Waals surface area contributed by atoms with Crippen LogP contribution < -0.4 is 10.9 Å². The third-order valence-electron chi connectivity index (χ3n) is 4.59. The Bertz CT molecular complexity index is 1110. The van der Waals surface area contributed by atoms with Gasteiger partial charge in [0, 0.05) is 31.4 Å². The van der Waals surface area contributed by atoms with Crippen LogP contribution in [0.3, 0.4) is 0 Å². The fraction of sp³-hybridized carbons (Fsp3) is 0.300. The van der Waals surface area contributed by atoms with Crippen LogP contribution >= 0.6 is 0 Å². The number of aryl methyl sites for hydroxylation is 2. The predicted molar refractivity (Wildman–Crippen MR) is 106 cm³/mol. The highest BCUT2D eigenvalue weighted by Gasteiger charge is 2.23. The zero-order valence-corrected chi connectivity index (χ0v) is 16.3. The number of benzene rings is 1. The van der Waals surface area contributed by atoms with Gasteiger partial charge in [-0.05, 0) is 39.0 Å². The second kappa shape index (κ2) is 7.67. The van der Waals surface area contributed by atoms with Gasteiger partial charge in [0.1, 0.15) is 17.5 Å². The molecule has 0 radical (unpaired) electrons. The van der Waals surface area contributed by atoms with E-state index in [-0.39, 0.29) is 28.1 Å². The summed E-state index contributed by atoms with van der Waals surface area (Å²) >= 11 is 0. The molecule has 146 valence electrons. The molecule has 28 heavy (non-hydrogen) atoms. The van der Waals surface area contributed by atoms with Crippen LogP contribution in [0.2, 0.25) is 0 Å². The molecule has 3 rings (SSSR count). The number of carbonyl (C=O) groups excluding carboxylic acids is 2. The van der Waals surface area contributed by atoms with Crippen molar-refractivity contribution in [2.24, 2.45) is 7.05 Å². The molecule has 2 heterocycles. The van der Waals surface area contributed by atoms with Gasteiger partial charge in [0.2, 0.25) is 5.71 Å². The zero-order chi connectivity index (χ0) is 20.4. The normalized spacial score (nSPS) is 10.9. The molecular weight excluding hydrogens is 360 g/mol. The van der Waals surface area contributed by atoms with Crippen molar-refractivity contribution in [3.63, 3.8) is 0 Å². The lowest BCUT2D eigenvalue weighted by Gasteiger charge is -2.19. The van der Waals surface area contributed by atoms with E-state index < -0.39 is 5.91 Å². The Morgan fingerprint density at radius 3 is 2.64 bits per heavy atom. The van der Waals surface area contributed by atoms with E-state index in [1.165, 1.54) is 10.9 Å². The van der Waals surface area contributed by atoms with Crippen LogP contribution in [0.1, 0.15) is 40.3 Å². The number of carbonyl (C=O) groups is 2. The topological polar surface area (TPSA) is 97.4 Å². The van der Waals surface area contributed by atoms with Crippen LogP contribution in [-0.2, 0) is 7.05 Å². The van der Waals surface area contributed by atoms with Crippen LogP contribution in [0.5, 0.6) is 0 Å². The van der Waals surface area contributed by atoms with Crippen LogP contribution in [-0.4, -0.2) is 39.4 Å². The quantitative estimate of drug-likeness (QED) is 0.731. The summed E-state index contributed by atoms with van der Waals surface area (Å²) in [5.41, 5.74) is 0.836. The van der Waals surface area contributed by atoms with Crippen molar-refractivity contribution in [2.75, 3.05) is 18.4 Å². The largest absolute Gasteiger partial charge is 0.442 e. The number of hydrogen-bond acceptors (Lipinski definition) is 5. The molecule has 8 nitrogen and oxygen atoms in total. The summed E-state index contributed by atoms with van der Waals surface area (Å²) < 4.78 is 6.76. The molecule has 0 atom stereocenters. The molecule has 0 bridgehead atoms. The molecule has 2 amide bonds. The third kappa shape index (κ3) is 3.40. The standard InChI is InChI=1S/C20H22N4O4/c1-5-24(6-2)19(26)13-8-7-9-14(10-13)22-17(25)15-12(3)28-18-16(15)20(27)23(4)11-21-18/h7-11H,5-6H2,1-4H3,(H,22,25). The molecule has 0 saturated heterocycles. The molecule has 1 aromatic carbocycles. The van der Waals surface area contributed by atoms with E-state index in [0.717, 1.165) is 0 Å². The minimum Gasteiger partial charge on any atom is -0.442 e. The maximum absolute atomic E-state index is 12.9. The van der Waals surface area contributed by atoms with E-state index >= 15 is 0 Å². The zero-order valence-electron chi connectivity index (χ0n) is 16.3. The summed E-state index contributed by atoms with van der Waals surface area (Å²) in [6, 6.07) is 6.71. The first kappa shape index (κ1) is 19.3. The predicted octanol–water partition coefficient (Wildman–Crippen LogP) is 2.57. The van der Waals surface area contributed by atoms with Crippen molar-refractivity contribution in [3.8, 4) is 0 Å². The lowest BCUT2D eigenvalue weighted by atomic mass is 10.1. The Kier molecular flexibility index (Phi) is 5.30. The highest BCUT2D eigenvalue weighted by Crippen LogP contribution is 2.22. The molecule has 0 aliphatic rings. The molecular formula is C20H22N4O4. The lowest BCUT2D eigenvalue weighted by Crippen LogP contribution is -2.30. The molecule has 1 N–H and O–H groups in total. The minimum atomic E-state index is -0.492. The maximum Gasteiger partial charge on any atom is 0.265 e. The SMILES string of the molecule is CCN(CC)C(=O)c1cccc(NC(=O)c2c(C)oc3ncn(C)c(=O)c23)c1. The number of anilines is 1. The van der Waals surface area contributed by atoms with Crippen molar-refractivity contribution < 1.29 is 14.0 Å². The number of nitrogens with zero attached hydrogens (tertiary/aromatic N) is 3. The number of rotatable bonds is 5. The van der Waals surface area contributed by atoms with Gasteiger partial charge in [-0.15, -0.1) is 0 Å². The van der Waals surface area contributed by atoms with Crippen molar-refractivity contribution in [3.05, 3.63) is 57.8 Å². The van der Waals surface area contributed by atoms with E-state index in [1.54, 1.807) is 43.1 Å². The highest BCUT2D eigenvalue weighted by atomic mass is 16.3. The lowest BCUT2D eigenvalue weighted by molar-refractivity contribution is 0.0772. The van der Waals surface area contributed by atoms with Gasteiger partial charge in [-0.1, -0.05) is 6.07 Å². The molecule has 0 spiro atoms. The summed E-state index contributed by atoms with van der Waals surface area (Å²) in [5.74, 6) is -0.295. The first-order valence-corrected chi connectivity index (χ1v) is 9.02. The molecule has 0 aliphatic heterocycles. The molecule has 8 heteroatoms. The minimum absolute atomic E-state index is 0.107. The van der Waals surface area contributed by atoms with Crippen molar-refractivity contribution >= 4 is 28.6 Å².